The van der Waals surface area contributed by atoms with Crippen LogP contribution in [0.15, 0.2) is 36.4 Å². The number of aliphatic hydroxyl groups excluding tert-OH is 1. The summed E-state index contributed by atoms with van der Waals surface area (Å²) in [7, 11) is 0. The van der Waals surface area contributed by atoms with Gasteiger partial charge in [0.15, 0.2) is 0 Å². The van der Waals surface area contributed by atoms with Gasteiger partial charge in [0.05, 0.1) is 24.4 Å². The molecular weight excluding hydrogens is 473 g/mol. The number of hydrogen-bond acceptors (Lipinski definition) is 4. The second-order valence-corrected chi connectivity index (χ2v) is 10.6. The molecule has 35 heavy (non-hydrogen) atoms. The molecule has 7 nitrogen and oxygen atoms in total. The Morgan fingerprint density at radius 1 is 1.11 bits per heavy atom. The van der Waals surface area contributed by atoms with Gasteiger partial charge in [-0.25, -0.2) is 4.39 Å². The van der Waals surface area contributed by atoms with Crippen molar-refractivity contribution in [3.63, 3.8) is 0 Å². The van der Waals surface area contributed by atoms with Gasteiger partial charge in [0.25, 0.3) is 11.8 Å². The SMILES string of the molecule is CC(C)(C)CC(=O)N1CCN2C(=O)c3cc(-c4ccc(Cl)cc4F)ccc3N(CCO)C(=O)[C@H]2C1. The van der Waals surface area contributed by atoms with Gasteiger partial charge in [0.2, 0.25) is 5.91 Å². The van der Waals surface area contributed by atoms with Gasteiger partial charge in [-0.15, -0.1) is 0 Å². The van der Waals surface area contributed by atoms with Gasteiger partial charge in [0.1, 0.15) is 11.9 Å². The molecule has 0 radical (unpaired) electrons. The number of carbonyl (C=O) groups excluding carboxylic acids is 3. The molecule has 1 atom stereocenters. The van der Waals surface area contributed by atoms with Crippen molar-refractivity contribution >= 4 is 35.0 Å². The number of β-amino-alcohol motifs (C(OH)–C–C–N with tert-alkyl or cyclic N) is 1. The largest absolute Gasteiger partial charge is 0.395 e. The summed E-state index contributed by atoms with van der Waals surface area (Å²) >= 11 is 5.88. The Morgan fingerprint density at radius 2 is 1.86 bits per heavy atom. The molecule has 186 valence electrons. The molecule has 2 aliphatic rings. The number of anilines is 1. The topological polar surface area (TPSA) is 81.2 Å². The molecule has 2 aromatic carbocycles. The van der Waals surface area contributed by atoms with E-state index in [0.717, 1.165) is 0 Å². The number of fused-ring (bicyclic) bond motifs is 2. The second kappa shape index (κ2) is 9.59. The Labute approximate surface area is 209 Å². The summed E-state index contributed by atoms with van der Waals surface area (Å²) < 4.78 is 14.6. The van der Waals surface area contributed by atoms with Gasteiger partial charge in [-0.3, -0.25) is 14.4 Å². The van der Waals surface area contributed by atoms with Crippen molar-refractivity contribution in [1.29, 1.82) is 0 Å². The van der Waals surface area contributed by atoms with E-state index >= 15 is 0 Å². The van der Waals surface area contributed by atoms with Crippen molar-refractivity contribution in [2.75, 3.05) is 37.7 Å². The zero-order valence-corrected chi connectivity index (χ0v) is 20.8. The van der Waals surface area contributed by atoms with Crippen molar-refractivity contribution in [1.82, 2.24) is 9.80 Å². The molecule has 4 rings (SSSR count). The normalized spacial score (nSPS) is 18.3. The molecule has 1 fully saturated rings. The van der Waals surface area contributed by atoms with Gasteiger partial charge in [-0.05, 0) is 41.3 Å². The fourth-order valence-electron chi connectivity index (χ4n) is 4.65. The number of rotatable bonds is 4. The van der Waals surface area contributed by atoms with E-state index in [1.807, 2.05) is 20.8 Å². The van der Waals surface area contributed by atoms with Gasteiger partial charge < -0.3 is 19.8 Å². The monoisotopic (exact) mass is 501 g/mol. The molecule has 1 N–H and O–H groups in total. The summed E-state index contributed by atoms with van der Waals surface area (Å²) in [6.07, 6.45) is 0.332. The Balaban J connectivity index is 1.72. The zero-order valence-electron chi connectivity index (χ0n) is 20.1. The van der Waals surface area contributed by atoms with E-state index in [9.17, 15) is 23.9 Å². The third kappa shape index (κ3) is 5.04. The Morgan fingerprint density at radius 3 is 2.51 bits per heavy atom. The molecule has 0 bridgehead atoms. The minimum Gasteiger partial charge on any atom is -0.395 e. The highest BCUT2D eigenvalue weighted by atomic mass is 35.5. The molecule has 2 aliphatic heterocycles. The Bertz CT molecular complexity index is 1180. The van der Waals surface area contributed by atoms with Crippen molar-refractivity contribution in [3.8, 4) is 11.1 Å². The number of benzene rings is 2. The van der Waals surface area contributed by atoms with Crippen molar-refractivity contribution in [2.45, 2.75) is 33.2 Å². The van der Waals surface area contributed by atoms with E-state index in [0.29, 0.717) is 24.2 Å². The first-order valence-electron chi connectivity index (χ1n) is 11.6. The number of piperazine rings is 1. The van der Waals surface area contributed by atoms with E-state index in [1.165, 1.54) is 15.9 Å². The van der Waals surface area contributed by atoms with Crippen molar-refractivity contribution in [2.24, 2.45) is 5.41 Å². The van der Waals surface area contributed by atoms with Gasteiger partial charge >= 0.3 is 0 Å². The summed E-state index contributed by atoms with van der Waals surface area (Å²) in [6.45, 7) is 6.24. The molecule has 0 unspecified atom stereocenters. The van der Waals surface area contributed by atoms with E-state index in [2.05, 4.69) is 0 Å². The molecule has 9 heteroatoms. The van der Waals surface area contributed by atoms with Crippen LogP contribution < -0.4 is 4.90 Å². The first-order chi connectivity index (χ1) is 16.5. The van der Waals surface area contributed by atoms with Gasteiger partial charge in [0, 0.05) is 36.6 Å². The maximum absolute atomic E-state index is 14.6. The maximum atomic E-state index is 14.6. The van der Waals surface area contributed by atoms with E-state index < -0.39 is 11.9 Å². The lowest BCUT2D eigenvalue weighted by molar-refractivity contribution is -0.137. The minimum absolute atomic E-state index is 0.00591. The van der Waals surface area contributed by atoms with Crippen LogP contribution in [0.3, 0.4) is 0 Å². The molecule has 0 aliphatic carbocycles. The number of nitrogens with zero attached hydrogens (tertiary/aromatic N) is 3. The third-order valence-electron chi connectivity index (χ3n) is 6.31. The molecule has 2 heterocycles. The lowest BCUT2D eigenvalue weighted by Gasteiger charge is -2.41. The van der Waals surface area contributed by atoms with E-state index in [4.69, 9.17) is 11.6 Å². The first kappa shape index (κ1) is 25.1. The van der Waals surface area contributed by atoms with Crippen LogP contribution in [-0.2, 0) is 9.59 Å². The van der Waals surface area contributed by atoms with Gasteiger partial charge in [-0.1, -0.05) is 38.4 Å². The summed E-state index contributed by atoms with van der Waals surface area (Å²) in [5, 5.41) is 9.92. The smallest absolute Gasteiger partial charge is 0.256 e. The predicted octanol–water partition coefficient (Wildman–Crippen LogP) is 3.57. The Kier molecular flexibility index (Phi) is 6.88. The quantitative estimate of drug-likeness (QED) is 0.694. The van der Waals surface area contributed by atoms with Crippen LogP contribution in [-0.4, -0.2) is 71.5 Å². The second-order valence-electron chi connectivity index (χ2n) is 10.2. The molecule has 0 aromatic heterocycles. The molecule has 0 saturated carbocycles. The zero-order chi connectivity index (χ0) is 25.5. The lowest BCUT2D eigenvalue weighted by atomic mass is 9.91. The van der Waals surface area contributed by atoms with Gasteiger partial charge in [-0.2, -0.15) is 0 Å². The van der Waals surface area contributed by atoms with Crippen LogP contribution in [0.1, 0.15) is 37.6 Å². The van der Waals surface area contributed by atoms with E-state index in [-0.39, 0.29) is 65.5 Å². The maximum Gasteiger partial charge on any atom is 0.256 e. The summed E-state index contributed by atoms with van der Waals surface area (Å²) in [4.78, 5) is 44.6. The summed E-state index contributed by atoms with van der Waals surface area (Å²) in [5.74, 6) is -1.30. The van der Waals surface area contributed by atoms with Crippen LogP contribution in [0, 0.1) is 11.2 Å². The van der Waals surface area contributed by atoms with Crippen LogP contribution in [0.5, 0.6) is 0 Å². The van der Waals surface area contributed by atoms with Crippen molar-refractivity contribution < 1.29 is 23.9 Å². The third-order valence-corrected chi connectivity index (χ3v) is 6.55. The number of halogens is 2. The highest BCUT2D eigenvalue weighted by Gasteiger charge is 2.43. The standard InChI is InChI=1S/C26H29ClFN3O4/c1-26(2,3)14-23(33)29-8-9-30-22(15-29)25(35)31(10-11-32)21-7-4-16(12-19(21)24(30)34)18-6-5-17(27)13-20(18)28/h4-7,12-13,22,32H,8-11,14-15H2,1-3H3/t22-/m1/s1. The van der Waals surface area contributed by atoms with Crippen molar-refractivity contribution in [3.05, 3.63) is 52.8 Å². The number of aliphatic hydroxyl groups is 1. The molecule has 3 amide bonds. The molecule has 2 aromatic rings. The van der Waals surface area contributed by atoms with Crippen LogP contribution in [0.25, 0.3) is 11.1 Å². The number of amides is 3. The molecule has 0 spiro atoms. The highest BCUT2D eigenvalue weighted by Crippen LogP contribution is 2.35. The number of hydrogen-bond donors (Lipinski definition) is 1. The average molecular weight is 502 g/mol. The average Bonchev–Trinajstić information content (AvgIpc) is 2.87. The molecular formula is C26H29ClFN3O4. The van der Waals surface area contributed by atoms with E-state index in [1.54, 1.807) is 35.2 Å². The fourth-order valence-corrected chi connectivity index (χ4v) is 4.81. The minimum atomic E-state index is -0.866. The fraction of sp³-hybridized carbons (Fsp3) is 0.423. The molecule has 1 saturated heterocycles. The number of carbonyl (C=O) groups is 3. The lowest BCUT2D eigenvalue weighted by Crippen LogP contribution is -2.61. The Hall–Kier alpha value is -2.97. The van der Waals surface area contributed by atoms with Crippen LogP contribution >= 0.6 is 11.6 Å². The van der Waals surface area contributed by atoms with Crippen LogP contribution in [0.2, 0.25) is 5.02 Å². The predicted molar refractivity (Wildman–Crippen MR) is 132 cm³/mol. The van der Waals surface area contributed by atoms with Crippen LogP contribution in [0.4, 0.5) is 10.1 Å². The first-order valence-corrected chi connectivity index (χ1v) is 12.0. The summed E-state index contributed by atoms with van der Waals surface area (Å²) in [5.41, 5.74) is 1.15. The summed E-state index contributed by atoms with van der Waals surface area (Å²) in [6, 6.07) is 8.26. The highest BCUT2D eigenvalue weighted by molar-refractivity contribution is 6.30.